The van der Waals surface area contributed by atoms with Gasteiger partial charge in [-0.05, 0) is 42.4 Å². The lowest BCUT2D eigenvalue weighted by Crippen LogP contribution is -2.57. The number of carboxylic acids is 1. The van der Waals surface area contributed by atoms with Gasteiger partial charge in [0.2, 0.25) is 17.7 Å². The number of thiol groups is 1. The minimum Gasteiger partial charge on any atom is -0.481 e. The van der Waals surface area contributed by atoms with Crippen molar-refractivity contribution >= 4 is 60.0 Å². The third-order valence-electron chi connectivity index (χ3n) is 6.78. The molecule has 2 aromatic rings. The van der Waals surface area contributed by atoms with Crippen LogP contribution in [0.5, 0.6) is 0 Å². The number of carbonyl (C=O) groups is 6. The molecule has 2 aromatic carbocycles. The van der Waals surface area contributed by atoms with Gasteiger partial charge in [0.1, 0.15) is 24.7 Å². The number of amides is 4. The number of alkyl carbamates (subject to hydrolysis) is 1. The summed E-state index contributed by atoms with van der Waals surface area (Å²) in [7, 11) is 0. The van der Waals surface area contributed by atoms with Crippen molar-refractivity contribution in [2.24, 2.45) is 5.92 Å². The largest absolute Gasteiger partial charge is 0.481 e. The topological polar surface area (TPSA) is 189 Å². The standard InChI is InChI=1S/C33H43ClN4O9S/c1-21(2)18-47-33(45)38-26(12-14-28(39)40)32(44)36-25(13-15-29(41)46-19-22-8-4-3-5-9-22)31(43)37-27(20-48)30(42)35-17-16-23-10-6-7-11-24(23)34/h3-11,21,25-27,48H,12-20H2,1-2H3,(H,35,42)(H,36,44)(H,37,43)(H,38,45)(H,39,40)/t25-,26-,27-/m0/s1. The van der Waals surface area contributed by atoms with Gasteiger partial charge in [-0.1, -0.05) is 74.0 Å². The van der Waals surface area contributed by atoms with E-state index in [1.165, 1.54) is 0 Å². The fourth-order valence-corrected chi connectivity index (χ4v) is 4.67. The van der Waals surface area contributed by atoms with Crippen LogP contribution in [-0.2, 0) is 46.5 Å². The molecule has 4 amide bonds. The van der Waals surface area contributed by atoms with Crippen LogP contribution in [0.3, 0.4) is 0 Å². The number of hydrogen-bond acceptors (Lipinski definition) is 9. The van der Waals surface area contributed by atoms with E-state index in [0.717, 1.165) is 11.1 Å². The number of esters is 1. The summed E-state index contributed by atoms with van der Waals surface area (Å²) < 4.78 is 10.4. The number of rotatable bonds is 20. The average Bonchev–Trinajstić information content (AvgIpc) is 3.06. The molecule has 48 heavy (non-hydrogen) atoms. The lowest BCUT2D eigenvalue weighted by atomic mass is 10.1. The molecule has 13 nitrogen and oxygen atoms in total. The van der Waals surface area contributed by atoms with Crippen molar-refractivity contribution in [1.29, 1.82) is 0 Å². The molecule has 15 heteroatoms. The van der Waals surface area contributed by atoms with Crippen molar-refractivity contribution in [3.05, 3.63) is 70.7 Å². The maximum atomic E-state index is 13.5. The van der Waals surface area contributed by atoms with Gasteiger partial charge >= 0.3 is 18.0 Å². The normalized spacial score (nSPS) is 12.6. The third kappa shape index (κ3) is 15.5. The molecule has 0 radical (unpaired) electrons. The number of carboxylic acid groups (broad SMARTS) is 1. The van der Waals surface area contributed by atoms with Crippen molar-refractivity contribution in [2.45, 2.75) is 70.7 Å². The van der Waals surface area contributed by atoms with Gasteiger partial charge < -0.3 is 35.8 Å². The minimum atomic E-state index is -1.38. The van der Waals surface area contributed by atoms with Crippen LogP contribution in [0.2, 0.25) is 5.02 Å². The van der Waals surface area contributed by atoms with Gasteiger partial charge in [0.05, 0.1) is 6.61 Å². The van der Waals surface area contributed by atoms with E-state index < -0.39 is 60.3 Å². The number of ether oxygens (including phenoxy) is 2. The molecule has 0 bridgehead atoms. The van der Waals surface area contributed by atoms with Gasteiger partial charge in [0.15, 0.2) is 0 Å². The summed E-state index contributed by atoms with van der Waals surface area (Å²) in [5, 5.41) is 19.8. The molecule has 0 saturated heterocycles. The summed E-state index contributed by atoms with van der Waals surface area (Å²) in [6.45, 7) is 3.90. The fraction of sp³-hybridized carbons (Fsp3) is 0.455. The lowest BCUT2D eigenvalue weighted by molar-refractivity contribution is -0.145. The van der Waals surface area contributed by atoms with Gasteiger partial charge in [-0.15, -0.1) is 0 Å². The Labute approximate surface area is 290 Å². The molecule has 0 saturated carbocycles. The van der Waals surface area contributed by atoms with Crippen LogP contribution in [0, 0.1) is 5.92 Å². The molecule has 0 fully saturated rings. The van der Waals surface area contributed by atoms with Crippen LogP contribution in [0.25, 0.3) is 0 Å². The summed E-state index contributed by atoms with van der Waals surface area (Å²) in [5.74, 6) is -4.17. The smallest absolute Gasteiger partial charge is 0.407 e. The van der Waals surface area contributed by atoms with Crippen LogP contribution < -0.4 is 21.3 Å². The van der Waals surface area contributed by atoms with Crippen molar-refractivity contribution in [3.8, 4) is 0 Å². The van der Waals surface area contributed by atoms with E-state index >= 15 is 0 Å². The highest BCUT2D eigenvalue weighted by Crippen LogP contribution is 2.15. The van der Waals surface area contributed by atoms with Gasteiger partial charge in [0, 0.05) is 30.2 Å². The number of aliphatic carboxylic acids is 1. The quantitative estimate of drug-likeness (QED) is 0.0888. The molecule has 0 aliphatic rings. The van der Waals surface area contributed by atoms with Crippen LogP contribution in [-0.4, -0.2) is 77.9 Å². The van der Waals surface area contributed by atoms with Crippen molar-refractivity contribution < 1.29 is 43.3 Å². The predicted molar refractivity (Wildman–Crippen MR) is 181 cm³/mol. The van der Waals surface area contributed by atoms with Crippen LogP contribution in [0.4, 0.5) is 4.79 Å². The van der Waals surface area contributed by atoms with Gasteiger partial charge in [-0.3, -0.25) is 24.0 Å². The van der Waals surface area contributed by atoms with Crippen molar-refractivity contribution in [2.75, 3.05) is 18.9 Å². The van der Waals surface area contributed by atoms with E-state index in [4.69, 9.17) is 21.1 Å². The minimum absolute atomic E-state index is 0.00133. The molecule has 0 spiro atoms. The number of nitrogens with one attached hydrogen (secondary N) is 4. The van der Waals surface area contributed by atoms with Crippen molar-refractivity contribution in [1.82, 2.24) is 21.3 Å². The van der Waals surface area contributed by atoms with Gasteiger partial charge in [-0.25, -0.2) is 4.79 Å². The first-order valence-electron chi connectivity index (χ1n) is 15.5. The molecule has 2 rings (SSSR count). The molecule has 0 aliphatic heterocycles. The average molecular weight is 707 g/mol. The maximum absolute atomic E-state index is 13.5. The second-order valence-electron chi connectivity index (χ2n) is 11.2. The fourth-order valence-electron chi connectivity index (χ4n) is 4.19. The Bertz CT molecular complexity index is 1380. The summed E-state index contributed by atoms with van der Waals surface area (Å²) in [6, 6.07) is 12.3. The van der Waals surface area contributed by atoms with Gasteiger partial charge in [-0.2, -0.15) is 12.6 Å². The SMILES string of the molecule is CC(C)COC(=O)N[C@@H](CCC(=O)O)C(=O)N[C@@H](CCC(=O)OCc1ccccc1)C(=O)N[C@@H](CS)C(=O)NCCc1ccccc1Cl. The van der Waals surface area contributed by atoms with Crippen LogP contribution >= 0.6 is 24.2 Å². The van der Waals surface area contributed by atoms with E-state index in [-0.39, 0.29) is 50.7 Å². The zero-order valence-corrected chi connectivity index (χ0v) is 28.6. The Balaban J connectivity index is 2.13. The molecule has 5 N–H and O–H groups in total. The molecule has 3 atom stereocenters. The Morgan fingerprint density at radius 1 is 0.792 bits per heavy atom. The van der Waals surface area contributed by atoms with E-state index in [0.29, 0.717) is 11.4 Å². The molecule has 0 unspecified atom stereocenters. The van der Waals surface area contributed by atoms with Gasteiger partial charge in [0.25, 0.3) is 0 Å². The lowest BCUT2D eigenvalue weighted by Gasteiger charge is -2.24. The number of benzene rings is 2. The highest BCUT2D eigenvalue weighted by molar-refractivity contribution is 7.80. The second-order valence-corrected chi connectivity index (χ2v) is 12.0. The monoisotopic (exact) mass is 706 g/mol. The first-order chi connectivity index (χ1) is 22.9. The number of halogens is 1. The zero-order valence-electron chi connectivity index (χ0n) is 26.9. The number of carbonyl (C=O) groups excluding carboxylic acids is 5. The maximum Gasteiger partial charge on any atom is 0.407 e. The molecular weight excluding hydrogens is 664 g/mol. The first-order valence-corrected chi connectivity index (χ1v) is 16.5. The van der Waals surface area contributed by atoms with Crippen LogP contribution in [0.15, 0.2) is 54.6 Å². The molecule has 0 heterocycles. The summed E-state index contributed by atoms with van der Waals surface area (Å²) in [5.41, 5.74) is 1.58. The highest BCUT2D eigenvalue weighted by atomic mass is 35.5. The summed E-state index contributed by atoms with van der Waals surface area (Å²) in [6.07, 6.45) is -1.80. The third-order valence-corrected chi connectivity index (χ3v) is 7.52. The highest BCUT2D eigenvalue weighted by Gasteiger charge is 2.30. The van der Waals surface area contributed by atoms with E-state index in [2.05, 4.69) is 33.9 Å². The summed E-state index contributed by atoms with van der Waals surface area (Å²) >= 11 is 10.4. The predicted octanol–water partition coefficient (Wildman–Crippen LogP) is 3.04. The number of hydrogen-bond donors (Lipinski definition) is 6. The molecule has 0 aliphatic carbocycles. The van der Waals surface area contributed by atoms with E-state index in [1.807, 2.05) is 32.0 Å². The zero-order chi connectivity index (χ0) is 35.5. The molecular formula is C33H43ClN4O9S. The first kappa shape index (κ1) is 39.9. The van der Waals surface area contributed by atoms with Crippen LogP contribution in [0.1, 0.15) is 50.7 Å². The summed E-state index contributed by atoms with van der Waals surface area (Å²) in [4.78, 5) is 75.8. The Morgan fingerprint density at radius 2 is 1.40 bits per heavy atom. The Kier molecular flexibility index (Phi) is 17.9. The second kappa shape index (κ2) is 21.5. The Hall–Kier alpha value is -4.30. The Morgan fingerprint density at radius 3 is 2.02 bits per heavy atom. The van der Waals surface area contributed by atoms with E-state index in [1.54, 1.807) is 36.4 Å². The molecule has 0 aromatic heterocycles. The molecule has 262 valence electrons. The van der Waals surface area contributed by atoms with Crippen molar-refractivity contribution in [3.63, 3.8) is 0 Å². The van der Waals surface area contributed by atoms with E-state index in [9.17, 15) is 33.9 Å².